The highest BCUT2D eigenvalue weighted by Crippen LogP contribution is 2.50. The van der Waals surface area contributed by atoms with E-state index >= 15 is 0 Å². The van der Waals surface area contributed by atoms with Crippen molar-refractivity contribution in [2.45, 2.75) is 63.3 Å². The highest BCUT2D eigenvalue weighted by molar-refractivity contribution is 5.92. The average molecular weight is 376 g/mol. The maximum absolute atomic E-state index is 12.6. The van der Waals surface area contributed by atoms with Crippen LogP contribution >= 0.6 is 0 Å². The number of hydrogen-bond acceptors (Lipinski definition) is 7. The highest BCUT2D eigenvalue weighted by Gasteiger charge is 2.63. The number of aliphatic hydroxyl groups excluding tert-OH is 1. The molecule has 7 heteroatoms. The molecule has 1 N–H and O–H groups in total. The van der Waals surface area contributed by atoms with Gasteiger partial charge >= 0.3 is 11.9 Å². The SMILES string of the molecule is C=C1C(=O)O[C@H]2[C@H]1[C@H](OC(=O)C1=C[C@H](O)OC1)C/C(C)=C/CC[C@@]1(C)O[C@H]21. The second-order valence-corrected chi connectivity index (χ2v) is 7.90. The Labute approximate surface area is 157 Å². The minimum Gasteiger partial charge on any atom is -0.458 e. The first-order chi connectivity index (χ1) is 12.8. The zero-order chi connectivity index (χ0) is 19.3. The summed E-state index contributed by atoms with van der Waals surface area (Å²) >= 11 is 0. The Hall–Kier alpha value is -1.96. The van der Waals surface area contributed by atoms with E-state index in [2.05, 4.69) is 12.7 Å². The van der Waals surface area contributed by atoms with E-state index < -0.39 is 36.4 Å². The Kier molecular flexibility index (Phi) is 4.49. The molecule has 6 atom stereocenters. The number of ether oxygens (including phenoxy) is 4. The summed E-state index contributed by atoms with van der Waals surface area (Å²) in [6.07, 6.45) is 3.16. The van der Waals surface area contributed by atoms with Crippen molar-refractivity contribution in [1.82, 2.24) is 0 Å². The highest BCUT2D eigenvalue weighted by atomic mass is 16.7. The fourth-order valence-corrected chi connectivity index (χ4v) is 4.20. The van der Waals surface area contributed by atoms with E-state index in [-0.39, 0.29) is 23.9 Å². The van der Waals surface area contributed by atoms with E-state index in [1.54, 1.807) is 0 Å². The maximum atomic E-state index is 12.6. The van der Waals surface area contributed by atoms with Crippen LogP contribution in [0.4, 0.5) is 0 Å². The van der Waals surface area contributed by atoms with Crippen LogP contribution in [0.5, 0.6) is 0 Å². The van der Waals surface area contributed by atoms with Crippen molar-refractivity contribution in [3.8, 4) is 0 Å². The van der Waals surface area contributed by atoms with Crippen molar-refractivity contribution in [1.29, 1.82) is 0 Å². The van der Waals surface area contributed by atoms with Gasteiger partial charge in [0.15, 0.2) is 6.29 Å². The van der Waals surface area contributed by atoms with Crippen molar-refractivity contribution in [2.75, 3.05) is 6.61 Å². The Morgan fingerprint density at radius 3 is 2.93 bits per heavy atom. The molecule has 0 bridgehead atoms. The first-order valence-corrected chi connectivity index (χ1v) is 9.23. The van der Waals surface area contributed by atoms with Crippen LogP contribution in [-0.2, 0) is 28.5 Å². The fraction of sp³-hybridized carbons (Fsp3) is 0.600. The lowest BCUT2D eigenvalue weighted by Gasteiger charge is -2.28. The molecule has 0 radical (unpaired) electrons. The molecular weight excluding hydrogens is 352 g/mol. The fourth-order valence-electron chi connectivity index (χ4n) is 4.20. The van der Waals surface area contributed by atoms with Gasteiger partial charge < -0.3 is 24.1 Å². The molecule has 0 aromatic heterocycles. The third-order valence-electron chi connectivity index (χ3n) is 5.83. The van der Waals surface area contributed by atoms with Crippen molar-refractivity contribution in [3.05, 3.63) is 35.5 Å². The molecule has 7 nitrogen and oxygen atoms in total. The predicted octanol–water partition coefficient (Wildman–Crippen LogP) is 1.56. The molecule has 27 heavy (non-hydrogen) atoms. The second-order valence-electron chi connectivity index (χ2n) is 7.90. The summed E-state index contributed by atoms with van der Waals surface area (Å²) in [5.41, 5.74) is 1.29. The van der Waals surface area contributed by atoms with E-state index in [4.69, 9.17) is 18.9 Å². The topological polar surface area (TPSA) is 94.6 Å². The van der Waals surface area contributed by atoms with E-state index in [0.29, 0.717) is 12.0 Å². The van der Waals surface area contributed by atoms with E-state index in [0.717, 1.165) is 18.4 Å². The predicted molar refractivity (Wildman–Crippen MR) is 93.3 cm³/mol. The molecule has 4 aliphatic rings. The molecule has 0 unspecified atom stereocenters. The zero-order valence-electron chi connectivity index (χ0n) is 15.5. The normalized spacial score (nSPS) is 43.0. The molecule has 1 aliphatic carbocycles. The van der Waals surface area contributed by atoms with E-state index in [1.807, 2.05) is 13.8 Å². The van der Waals surface area contributed by atoms with E-state index in [9.17, 15) is 14.7 Å². The number of rotatable bonds is 2. The third-order valence-corrected chi connectivity index (χ3v) is 5.83. The van der Waals surface area contributed by atoms with Crippen molar-refractivity contribution in [3.63, 3.8) is 0 Å². The molecule has 0 saturated carbocycles. The van der Waals surface area contributed by atoms with Gasteiger partial charge in [-0.3, -0.25) is 0 Å². The van der Waals surface area contributed by atoms with Gasteiger partial charge in [0.25, 0.3) is 0 Å². The Morgan fingerprint density at radius 2 is 2.22 bits per heavy atom. The summed E-state index contributed by atoms with van der Waals surface area (Å²) in [5.74, 6) is -1.50. The molecule has 2 fully saturated rings. The third kappa shape index (κ3) is 3.35. The van der Waals surface area contributed by atoms with Gasteiger partial charge in [0.2, 0.25) is 0 Å². The number of hydrogen-bond donors (Lipinski definition) is 1. The summed E-state index contributed by atoms with van der Waals surface area (Å²) in [4.78, 5) is 24.8. The number of fused-ring (bicyclic) bond motifs is 3. The van der Waals surface area contributed by atoms with Crippen molar-refractivity contribution < 1.29 is 33.6 Å². The van der Waals surface area contributed by atoms with Crippen molar-refractivity contribution >= 4 is 11.9 Å². The molecule has 2 saturated heterocycles. The maximum Gasteiger partial charge on any atom is 0.336 e. The molecule has 3 heterocycles. The lowest BCUT2D eigenvalue weighted by molar-refractivity contribution is -0.148. The Balaban J connectivity index is 1.63. The number of carbonyl (C=O) groups excluding carboxylic acids is 2. The summed E-state index contributed by atoms with van der Waals surface area (Å²) in [7, 11) is 0. The summed E-state index contributed by atoms with van der Waals surface area (Å²) in [6.45, 7) is 7.88. The zero-order valence-corrected chi connectivity index (χ0v) is 15.5. The molecule has 0 aromatic rings. The first kappa shape index (κ1) is 18.4. The molecule has 0 spiro atoms. The standard InChI is InChI=1S/C20H24O7/c1-10-5-4-6-20(3)17(27-20)16-15(11(2)18(22)26-16)13(7-10)25-19(23)12-8-14(21)24-9-12/h5,8,13-17,21H,2,4,6-7,9H2,1,3H3/b10-5+/t13-,14-,15-,16+,17-,20-/m1/s1. The Morgan fingerprint density at radius 1 is 1.44 bits per heavy atom. The van der Waals surface area contributed by atoms with Crippen LogP contribution in [0.25, 0.3) is 0 Å². The molecule has 4 rings (SSSR count). The number of carbonyl (C=O) groups is 2. The summed E-state index contributed by atoms with van der Waals surface area (Å²) in [5, 5.41) is 9.43. The second kappa shape index (κ2) is 6.58. The van der Waals surface area contributed by atoms with Gasteiger partial charge in [-0.15, -0.1) is 0 Å². The molecular formula is C20H24O7. The largest absolute Gasteiger partial charge is 0.458 e. The van der Waals surface area contributed by atoms with Gasteiger partial charge in [-0.2, -0.15) is 0 Å². The van der Waals surface area contributed by atoms with Gasteiger partial charge in [0.1, 0.15) is 18.3 Å². The Bertz CT molecular complexity index is 751. The van der Waals surface area contributed by atoms with Gasteiger partial charge in [0.05, 0.1) is 23.7 Å². The molecule has 0 amide bonds. The van der Waals surface area contributed by atoms with Gasteiger partial charge in [-0.25, -0.2) is 9.59 Å². The lowest BCUT2D eigenvalue weighted by atomic mass is 9.82. The lowest BCUT2D eigenvalue weighted by Crippen LogP contribution is -2.38. The van der Waals surface area contributed by atoms with Crippen molar-refractivity contribution in [2.24, 2.45) is 5.92 Å². The number of aliphatic hydroxyl groups is 1. The van der Waals surface area contributed by atoms with E-state index in [1.165, 1.54) is 6.08 Å². The number of epoxide rings is 1. The monoisotopic (exact) mass is 376 g/mol. The smallest absolute Gasteiger partial charge is 0.336 e. The van der Waals surface area contributed by atoms with Crippen LogP contribution in [0.3, 0.4) is 0 Å². The minimum absolute atomic E-state index is 0.00415. The number of esters is 2. The minimum atomic E-state index is -1.10. The summed E-state index contributed by atoms with van der Waals surface area (Å²) < 4.78 is 22.2. The van der Waals surface area contributed by atoms with Crippen LogP contribution < -0.4 is 0 Å². The molecule has 0 aromatic carbocycles. The van der Waals surface area contributed by atoms with Gasteiger partial charge in [-0.05, 0) is 32.8 Å². The van der Waals surface area contributed by atoms with Gasteiger partial charge in [0, 0.05) is 12.0 Å². The van der Waals surface area contributed by atoms with Crippen LogP contribution in [0, 0.1) is 5.92 Å². The average Bonchev–Trinajstić information content (AvgIpc) is 2.92. The quantitative estimate of drug-likeness (QED) is 0.338. The molecule has 3 aliphatic heterocycles. The molecule has 146 valence electrons. The van der Waals surface area contributed by atoms with Crippen LogP contribution in [-0.4, -0.2) is 53.9 Å². The van der Waals surface area contributed by atoms with Crippen LogP contribution in [0.1, 0.15) is 33.1 Å². The first-order valence-electron chi connectivity index (χ1n) is 9.23. The van der Waals surface area contributed by atoms with Crippen LogP contribution in [0.15, 0.2) is 35.5 Å². The number of allylic oxidation sites excluding steroid dienone is 1. The van der Waals surface area contributed by atoms with Gasteiger partial charge in [-0.1, -0.05) is 18.2 Å². The summed E-state index contributed by atoms with van der Waals surface area (Å²) in [6, 6.07) is 0. The van der Waals surface area contributed by atoms with Crippen LogP contribution in [0.2, 0.25) is 0 Å².